The molecule has 1 fully saturated rings. The van der Waals surface area contributed by atoms with Crippen LogP contribution in [0.4, 0.5) is 17.8 Å². The first-order valence-electron chi connectivity index (χ1n) is 5.18. The number of nitrogens with zero attached hydrogens (tertiary/aromatic N) is 5. The minimum atomic E-state index is 0.284. The van der Waals surface area contributed by atoms with Crippen LogP contribution in [0.3, 0.4) is 0 Å². The molecule has 1 saturated heterocycles. The van der Waals surface area contributed by atoms with Crippen molar-refractivity contribution in [2.24, 2.45) is 0 Å². The number of nitrogens with two attached hydrogens (primary N) is 1. The van der Waals surface area contributed by atoms with Gasteiger partial charge in [0.05, 0.1) is 0 Å². The monoisotopic (exact) mass is 240 g/mol. The summed E-state index contributed by atoms with van der Waals surface area (Å²) in [6.45, 7) is 1.95. The number of hydrogen-bond donors (Lipinski definition) is 1. The summed E-state index contributed by atoms with van der Waals surface area (Å²) in [5.74, 6) is 3.82. The molecule has 1 aliphatic heterocycles. The number of rotatable bonds is 2. The second-order valence-electron chi connectivity index (χ2n) is 3.79. The molecular formula is C9H16N6S. The number of nitrogen functional groups attached to an aromatic ring is 1. The molecule has 16 heavy (non-hydrogen) atoms. The molecule has 0 aliphatic carbocycles. The van der Waals surface area contributed by atoms with Gasteiger partial charge in [-0.2, -0.15) is 26.7 Å². The molecule has 1 aromatic rings. The second-order valence-corrected chi connectivity index (χ2v) is 5.01. The van der Waals surface area contributed by atoms with Crippen molar-refractivity contribution in [3.8, 4) is 0 Å². The van der Waals surface area contributed by atoms with E-state index in [1.165, 1.54) is 0 Å². The van der Waals surface area contributed by atoms with Crippen molar-refractivity contribution in [1.82, 2.24) is 15.0 Å². The average molecular weight is 240 g/mol. The van der Waals surface area contributed by atoms with Gasteiger partial charge in [0.15, 0.2) is 0 Å². The number of hydrogen-bond acceptors (Lipinski definition) is 7. The van der Waals surface area contributed by atoms with Crippen molar-refractivity contribution < 1.29 is 0 Å². The third-order valence-corrected chi connectivity index (χ3v) is 3.27. The predicted octanol–water partition coefficient (Wildman–Crippen LogP) is 0.0730. The highest BCUT2D eigenvalue weighted by Crippen LogP contribution is 2.17. The quantitative estimate of drug-likeness (QED) is 0.784. The van der Waals surface area contributed by atoms with Gasteiger partial charge in [0, 0.05) is 38.7 Å². The van der Waals surface area contributed by atoms with Gasteiger partial charge in [-0.15, -0.1) is 0 Å². The highest BCUT2D eigenvalue weighted by Gasteiger charge is 2.16. The molecule has 2 heterocycles. The summed E-state index contributed by atoms with van der Waals surface area (Å²) in [7, 11) is 3.79. The smallest absolute Gasteiger partial charge is 0.232 e. The third-order valence-electron chi connectivity index (χ3n) is 2.32. The maximum absolute atomic E-state index is 5.68. The van der Waals surface area contributed by atoms with Crippen molar-refractivity contribution in [3.05, 3.63) is 0 Å². The lowest BCUT2D eigenvalue weighted by Gasteiger charge is -2.26. The Morgan fingerprint density at radius 1 is 1.19 bits per heavy atom. The summed E-state index contributed by atoms with van der Waals surface area (Å²) in [5, 5.41) is 0. The van der Waals surface area contributed by atoms with Crippen LogP contribution in [0.5, 0.6) is 0 Å². The van der Waals surface area contributed by atoms with Gasteiger partial charge in [-0.05, 0) is 0 Å². The first-order chi connectivity index (χ1) is 7.66. The Labute approximate surface area is 99.3 Å². The molecule has 6 nitrogen and oxygen atoms in total. The van der Waals surface area contributed by atoms with Gasteiger partial charge in [0.25, 0.3) is 0 Å². The summed E-state index contributed by atoms with van der Waals surface area (Å²) in [5.41, 5.74) is 5.68. The van der Waals surface area contributed by atoms with Crippen LogP contribution in [0.1, 0.15) is 0 Å². The third kappa shape index (κ3) is 2.46. The van der Waals surface area contributed by atoms with Crippen LogP contribution in [-0.2, 0) is 0 Å². The molecule has 0 radical (unpaired) electrons. The molecule has 7 heteroatoms. The molecular weight excluding hydrogens is 224 g/mol. The van der Waals surface area contributed by atoms with Gasteiger partial charge in [0.1, 0.15) is 0 Å². The van der Waals surface area contributed by atoms with Crippen molar-refractivity contribution in [1.29, 1.82) is 0 Å². The summed E-state index contributed by atoms with van der Waals surface area (Å²) < 4.78 is 0. The van der Waals surface area contributed by atoms with Crippen LogP contribution in [-0.4, -0.2) is 53.6 Å². The fourth-order valence-electron chi connectivity index (χ4n) is 1.47. The van der Waals surface area contributed by atoms with E-state index in [-0.39, 0.29) is 5.95 Å². The van der Waals surface area contributed by atoms with Crippen molar-refractivity contribution in [2.75, 3.05) is 54.2 Å². The van der Waals surface area contributed by atoms with Crippen LogP contribution >= 0.6 is 11.8 Å². The molecule has 0 atom stereocenters. The summed E-state index contributed by atoms with van der Waals surface area (Å²) >= 11 is 1.95. The normalized spacial score (nSPS) is 16.2. The minimum absolute atomic E-state index is 0.284. The Balaban J connectivity index is 2.25. The predicted molar refractivity (Wildman–Crippen MR) is 68.1 cm³/mol. The zero-order valence-corrected chi connectivity index (χ0v) is 10.4. The van der Waals surface area contributed by atoms with E-state index in [0.29, 0.717) is 11.9 Å². The maximum Gasteiger partial charge on any atom is 0.232 e. The van der Waals surface area contributed by atoms with E-state index in [1.54, 1.807) is 0 Å². The van der Waals surface area contributed by atoms with E-state index in [9.17, 15) is 0 Å². The lowest BCUT2D eigenvalue weighted by molar-refractivity contribution is 0.804. The van der Waals surface area contributed by atoms with Gasteiger partial charge in [-0.1, -0.05) is 0 Å². The molecule has 88 valence electrons. The fourth-order valence-corrected chi connectivity index (χ4v) is 2.38. The zero-order valence-electron chi connectivity index (χ0n) is 9.55. The van der Waals surface area contributed by atoms with E-state index in [4.69, 9.17) is 5.73 Å². The Hall–Kier alpha value is -1.24. The van der Waals surface area contributed by atoms with Crippen molar-refractivity contribution in [2.45, 2.75) is 0 Å². The minimum Gasteiger partial charge on any atom is -0.368 e. The summed E-state index contributed by atoms with van der Waals surface area (Å²) in [6.07, 6.45) is 0. The van der Waals surface area contributed by atoms with Crippen LogP contribution in [0, 0.1) is 0 Å². The fraction of sp³-hybridized carbons (Fsp3) is 0.667. The SMILES string of the molecule is CN(C)c1nc(N)nc(N2CCSCC2)n1. The van der Waals surface area contributed by atoms with Crippen LogP contribution in [0.2, 0.25) is 0 Å². The molecule has 0 saturated carbocycles. The number of anilines is 3. The molecule has 0 unspecified atom stereocenters. The van der Waals surface area contributed by atoms with Gasteiger partial charge in [-0.25, -0.2) is 0 Å². The van der Waals surface area contributed by atoms with Crippen LogP contribution in [0.25, 0.3) is 0 Å². The van der Waals surface area contributed by atoms with Crippen molar-refractivity contribution in [3.63, 3.8) is 0 Å². The number of thioether (sulfide) groups is 1. The zero-order chi connectivity index (χ0) is 11.5. The lowest BCUT2D eigenvalue weighted by atomic mass is 10.5. The van der Waals surface area contributed by atoms with E-state index in [0.717, 1.165) is 24.6 Å². The molecule has 0 aromatic carbocycles. The molecule has 0 spiro atoms. The molecule has 0 bridgehead atoms. The van der Waals surface area contributed by atoms with Gasteiger partial charge < -0.3 is 15.5 Å². The first kappa shape index (κ1) is 11.3. The van der Waals surface area contributed by atoms with Crippen molar-refractivity contribution >= 4 is 29.6 Å². The Bertz CT molecular complexity index is 363. The molecule has 2 N–H and O–H groups in total. The van der Waals surface area contributed by atoms with E-state index < -0.39 is 0 Å². The van der Waals surface area contributed by atoms with E-state index in [1.807, 2.05) is 30.8 Å². The van der Waals surface area contributed by atoms with Crippen LogP contribution in [0.15, 0.2) is 0 Å². The maximum atomic E-state index is 5.68. The molecule has 2 rings (SSSR count). The van der Waals surface area contributed by atoms with Gasteiger partial charge in [0.2, 0.25) is 17.8 Å². The highest BCUT2D eigenvalue weighted by molar-refractivity contribution is 7.99. The van der Waals surface area contributed by atoms with E-state index in [2.05, 4.69) is 19.9 Å². The molecule has 0 amide bonds. The molecule has 1 aromatic heterocycles. The first-order valence-corrected chi connectivity index (χ1v) is 6.34. The van der Waals surface area contributed by atoms with Gasteiger partial charge in [-0.3, -0.25) is 0 Å². The summed E-state index contributed by atoms with van der Waals surface area (Å²) in [6, 6.07) is 0. The highest BCUT2D eigenvalue weighted by atomic mass is 32.2. The van der Waals surface area contributed by atoms with Crippen LogP contribution < -0.4 is 15.5 Å². The Morgan fingerprint density at radius 3 is 2.50 bits per heavy atom. The molecule has 1 aliphatic rings. The average Bonchev–Trinajstić information content (AvgIpc) is 2.29. The lowest BCUT2D eigenvalue weighted by Crippen LogP contribution is -2.34. The van der Waals surface area contributed by atoms with Gasteiger partial charge >= 0.3 is 0 Å². The Morgan fingerprint density at radius 2 is 1.88 bits per heavy atom. The Kier molecular flexibility index (Phi) is 3.33. The largest absolute Gasteiger partial charge is 0.368 e. The summed E-state index contributed by atoms with van der Waals surface area (Å²) in [4.78, 5) is 16.6. The second kappa shape index (κ2) is 4.73. The number of aromatic nitrogens is 3. The standard InChI is InChI=1S/C9H16N6S/c1-14(2)8-11-7(10)12-9(13-8)15-3-5-16-6-4-15/h3-6H2,1-2H3,(H2,10,11,12,13). The van der Waals surface area contributed by atoms with E-state index >= 15 is 0 Å². The topological polar surface area (TPSA) is 71.2 Å².